The number of carbonyl (C=O) groups is 1. The van der Waals surface area contributed by atoms with Gasteiger partial charge in [-0.2, -0.15) is 0 Å². The van der Waals surface area contributed by atoms with Crippen LogP contribution in [0.4, 0.5) is 0 Å². The molecule has 1 amide bonds. The van der Waals surface area contributed by atoms with Crippen LogP contribution in [0, 0.1) is 11.8 Å². The Kier molecular flexibility index (Phi) is 1.84. The van der Waals surface area contributed by atoms with Gasteiger partial charge in [0, 0.05) is 12.5 Å². The van der Waals surface area contributed by atoms with Crippen LogP contribution in [0.3, 0.4) is 0 Å². The van der Waals surface area contributed by atoms with Crippen molar-refractivity contribution in [3.05, 3.63) is 0 Å². The zero-order valence-electron chi connectivity index (χ0n) is 6.81. The van der Waals surface area contributed by atoms with E-state index in [9.17, 15) is 4.79 Å². The average molecular weight is 153 g/mol. The van der Waals surface area contributed by atoms with Crippen LogP contribution in [0.2, 0.25) is 0 Å². The van der Waals surface area contributed by atoms with Gasteiger partial charge in [0.2, 0.25) is 5.91 Å². The highest BCUT2D eigenvalue weighted by Crippen LogP contribution is 2.35. The lowest BCUT2D eigenvalue weighted by Gasteiger charge is -2.12. The number of carbonyl (C=O) groups excluding carboxylic acids is 1. The molecule has 1 saturated carbocycles. The summed E-state index contributed by atoms with van der Waals surface area (Å²) in [5.74, 6) is 1.42. The van der Waals surface area contributed by atoms with Gasteiger partial charge in [0.1, 0.15) is 0 Å². The van der Waals surface area contributed by atoms with E-state index in [2.05, 4.69) is 5.32 Å². The molecule has 2 atom stereocenters. The van der Waals surface area contributed by atoms with Gasteiger partial charge in [0.25, 0.3) is 0 Å². The SMILES string of the molecule is O=C1NCCCC2CCCC12. The van der Waals surface area contributed by atoms with Crippen molar-refractivity contribution in [1.29, 1.82) is 0 Å². The quantitative estimate of drug-likeness (QED) is 0.558. The van der Waals surface area contributed by atoms with Gasteiger partial charge in [-0.1, -0.05) is 6.42 Å². The minimum absolute atomic E-state index is 0.324. The number of nitrogens with one attached hydrogen (secondary N) is 1. The van der Waals surface area contributed by atoms with Crippen molar-refractivity contribution >= 4 is 5.91 Å². The zero-order chi connectivity index (χ0) is 7.68. The van der Waals surface area contributed by atoms with Crippen LogP contribution in [-0.4, -0.2) is 12.5 Å². The lowest BCUT2D eigenvalue weighted by molar-refractivity contribution is -0.125. The first-order valence-electron chi connectivity index (χ1n) is 4.65. The highest BCUT2D eigenvalue weighted by Gasteiger charge is 2.33. The van der Waals surface area contributed by atoms with Crippen LogP contribution in [0.1, 0.15) is 32.1 Å². The third-order valence-electron chi connectivity index (χ3n) is 3.05. The van der Waals surface area contributed by atoms with E-state index in [1.165, 1.54) is 25.7 Å². The summed E-state index contributed by atoms with van der Waals surface area (Å²) < 4.78 is 0. The fraction of sp³-hybridized carbons (Fsp3) is 0.889. The molecule has 2 unspecified atom stereocenters. The lowest BCUT2D eigenvalue weighted by Crippen LogP contribution is -2.29. The van der Waals surface area contributed by atoms with Crippen molar-refractivity contribution in [2.45, 2.75) is 32.1 Å². The molecule has 0 spiro atoms. The van der Waals surface area contributed by atoms with Crippen LogP contribution in [0.25, 0.3) is 0 Å². The molecule has 1 aliphatic carbocycles. The number of amides is 1. The maximum absolute atomic E-state index is 11.4. The summed E-state index contributed by atoms with van der Waals surface area (Å²) in [6.07, 6.45) is 6.15. The average Bonchev–Trinajstić information content (AvgIpc) is 2.40. The molecule has 2 fully saturated rings. The molecule has 0 bridgehead atoms. The minimum Gasteiger partial charge on any atom is -0.356 e. The van der Waals surface area contributed by atoms with Crippen molar-refractivity contribution in [1.82, 2.24) is 5.32 Å². The van der Waals surface area contributed by atoms with Crippen LogP contribution in [0.5, 0.6) is 0 Å². The molecule has 2 nitrogen and oxygen atoms in total. The second-order valence-corrected chi connectivity index (χ2v) is 3.73. The fourth-order valence-corrected chi connectivity index (χ4v) is 2.43. The number of rotatable bonds is 0. The molecule has 2 rings (SSSR count). The van der Waals surface area contributed by atoms with Gasteiger partial charge in [0.15, 0.2) is 0 Å². The molecular weight excluding hydrogens is 138 g/mol. The lowest BCUT2D eigenvalue weighted by atomic mass is 9.93. The van der Waals surface area contributed by atoms with Crippen molar-refractivity contribution in [3.8, 4) is 0 Å². The van der Waals surface area contributed by atoms with Gasteiger partial charge in [-0.05, 0) is 31.6 Å². The van der Waals surface area contributed by atoms with Crippen molar-refractivity contribution in [2.24, 2.45) is 11.8 Å². The molecule has 2 heteroatoms. The van der Waals surface area contributed by atoms with Crippen molar-refractivity contribution in [3.63, 3.8) is 0 Å². The van der Waals surface area contributed by atoms with E-state index in [0.29, 0.717) is 11.8 Å². The molecule has 0 aromatic carbocycles. The molecule has 1 N–H and O–H groups in total. The second-order valence-electron chi connectivity index (χ2n) is 3.73. The van der Waals surface area contributed by atoms with Crippen LogP contribution < -0.4 is 5.32 Å². The number of hydrogen-bond acceptors (Lipinski definition) is 1. The Morgan fingerprint density at radius 2 is 2.00 bits per heavy atom. The highest BCUT2D eigenvalue weighted by atomic mass is 16.1. The van der Waals surface area contributed by atoms with Gasteiger partial charge in [-0.15, -0.1) is 0 Å². The van der Waals surface area contributed by atoms with Gasteiger partial charge < -0.3 is 5.32 Å². The van der Waals surface area contributed by atoms with E-state index < -0.39 is 0 Å². The van der Waals surface area contributed by atoms with E-state index in [-0.39, 0.29) is 0 Å². The third kappa shape index (κ3) is 1.26. The van der Waals surface area contributed by atoms with E-state index in [4.69, 9.17) is 0 Å². The Hall–Kier alpha value is -0.530. The summed E-state index contributed by atoms with van der Waals surface area (Å²) in [6, 6.07) is 0. The number of hydrogen-bond donors (Lipinski definition) is 1. The first-order valence-corrected chi connectivity index (χ1v) is 4.65. The Balaban J connectivity index is 2.09. The maximum Gasteiger partial charge on any atom is 0.223 e. The normalized spacial score (nSPS) is 37.6. The summed E-state index contributed by atoms with van der Waals surface area (Å²) in [6.45, 7) is 0.909. The summed E-state index contributed by atoms with van der Waals surface area (Å²) in [5, 5.41) is 2.98. The van der Waals surface area contributed by atoms with E-state index >= 15 is 0 Å². The predicted octanol–water partition coefficient (Wildman–Crippen LogP) is 1.31. The molecule has 62 valence electrons. The van der Waals surface area contributed by atoms with Crippen LogP contribution in [-0.2, 0) is 4.79 Å². The molecule has 1 saturated heterocycles. The first-order chi connectivity index (χ1) is 5.38. The number of fused-ring (bicyclic) bond motifs is 1. The van der Waals surface area contributed by atoms with E-state index in [1.54, 1.807) is 0 Å². The molecule has 1 aliphatic heterocycles. The molecule has 1 heterocycles. The first kappa shape index (κ1) is 7.14. The standard InChI is InChI=1S/C9H15NO/c11-9-8-5-1-3-7(8)4-2-6-10-9/h7-8H,1-6H2,(H,10,11). The second kappa shape index (κ2) is 2.84. The van der Waals surface area contributed by atoms with Gasteiger partial charge >= 0.3 is 0 Å². The Morgan fingerprint density at radius 1 is 1.18 bits per heavy atom. The van der Waals surface area contributed by atoms with Crippen LogP contribution >= 0.6 is 0 Å². The Morgan fingerprint density at radius 3 is 2.91 bits per heavy atom. The Bertz CT molecular complexity index is 167. The zero-order valence-corrected chi connectivity index (χ0v) is 6.81. The van der Waals surface area contributed by atoms with E-state index in [0.717, 1.165) is 18.9 Å². The molecule has 0 radical (unpaired) electrons. The summed E-state index contributed by atoms with van der Waals surface area (Å²) in [5.41, 5.74) is 0. The molecule has 11 heavy (non-hydrogen) atoms. The fourth-order valence-electron chi connectivity index (χ4n) is 2.43. The van der Waals surface area contributed by atoms with Crippen LogP contribution in [0.15, 0.2) is 0 Å². The topological polar surface area (TPSA) is 29.1 Å². The predicted molar refractivity (Wildman–Crippen MR) is 43.1 cm³/mol. The molecule has 0 aromatic heterocycles. The summed E-state index contributed by atoms with van der Waals surface area (Å²) in [4.78, 5) is 11.4. The minimum atomic E-state index is 0.324. The maximum atomic E-state index is 11.4. The van der Waals surface area contributed by atoms with Crippen molar-refractivity contribution < 1.29 is 4.79 Å². The smallest absolute Gasteiger partial charge is 0.223 e. The van der Waals surface area contributed by atoms with Gasteiger partial charge in [-0.25, -0.2) is 0 Å². The summed E-state index contributed by atoms with van der Waals surface area (Å²) in [7, 11) is 0. The highest BCUT2D eigenvalue weighted by molar-refractivity contribution is 5.79. The Labute approximate surface area is 67.4 Å². The molecule has 0 aromatic rings. The monoisotopic (exact) mass is 153 g/mol. The third-order valence-corrected chi connectivity index (χ3v) is 3.05. The molecule has 2 aliphatic rings. The summed E-state index contributed by atoms with van der Waals surface area (Å²) >= 11 is 0. The van der Waals surface area contributed by atoms with E-state index in [1.807, 2.05) is 0 Å². The largest absolute Gasteiger partial charge is 0.356 e. The van der Waals surface area contributed by atoms with Gasteiger partial charge in [0.05, 0.1) is 0 Å². The molecular formula is C9H15NO. The van der Waals surface area contributed by atoms with Crippen molar-refractivity contribution in [2.75, 3.05) is 6.54 Å². The van der Waals surface area contributed by atoms with Gasteiger partial charge in [-0.3, -0.25) is 4.79 Å².